The Kier molecular flexibility index (Phi) is 11.0. The van der Waals surface area contributed by atoms with Crippen LogP contribution in [0, 0.1) is 6.92 Å². The van der Waals surface area contributed by atoms with Gasteiger partial charge in [0.15, 0.2) is 6.23 Å². The van der Waals surface area contributed by atoms with Crippen molar-refractivity contribution in [3.05, 3.63) is 114 Å². The Balaban J connectivity index is 1.67. The minimum Gasteiger partial charge on any atom is -0.497 e. The summed E-state index contributed by atoms with van der Waals surface area (Å²) in [6.45, 7) is 15.9. The normalized spacial score (nSPS) is 18.2. The monoisotopic (exact) mass is 699 g/mol. The van der Waals surface area contributed by atoms with Crippen molar-refractivity contribution in [1.82, 2.24) is 4.90 Å². The summed E-state index contributed by atoms with van der Waals surface area (Å²) in [5, 5.41) is 1.92. The van der Waals surface area contributed by atoms with Gasteiger partial charge in [-0.25, -0.2) is 9.59 Å². The molecule has 1 saturated heterocycles. The first-order valence-corrected chi connectivity index (χ1v) is 18.9. The van der Waals surface area contributed by atoms with Crippen molar-refractivity contribution in [3.63, 3.8) is 0 Å². The molecule has 1 aliphatic rings. The first kappa shape index (κ1) is 36.9. The lowest BCUT2D eigenvalue weighted by Gasteiger charge is -2.43. The highest BCUT2D eigenvalue weighted by molar-refractivity contribution is 6.99. The van der Waals surface area contributed by atoms with E-state index in [0.717, 1.165) is 10.4 Å². The standard InChI is InChI=1S/C40H49NO8Si/c1-10-45-37(42)32-25-33(47-27(32)2)35-34(48-36(28-21-23-29(44-9)24-22-28)41(35)38(43)49-39(3,4)5)26-46-50(40(6,7)8,30-17-13-11-14-18-30)31-19-15-12-16-20-31/h11-25,34-36H,10,26H2,1-9H3/t34-,35-,36?/m0/s1. The second-order valence-electron chi connectivity index (χ2n) is 14.4. The number of carbonyl (C=O) groups is 2. The van der Waals surface area contributed by atoms with Crippen LogP contribution in [0.25, 0.3) is 0 Å². The predicted octanol–water partition coefficient (Wildman–Crippen LogP) is 7.73. The number of hydrogen-bond acceptors (Lipinski definition) is 8. The SMILES string of the molecule is CCOC(=O)c1cc([C@H]2[C@H](CO[Si](c3ccccc3)(c3ccccc3)C(C)(C)C)OC(c3ccc(OC)cc3)N2C(=O)OC(C)(C)C)oc1C. The number of carbonyl (C=O) groups excluding carboxylic acids is 2. The largest absolute Gasteiger partial charge is 0.497 e. The number of benzene rings is 3. The van der Waals surface area contributed by atoms with Gasteiger partial charge in [-0.3, -0.25) is 4.90 Å². The number of aryl methyl sites for hydroxylation is 1. The molecule has 1 fully saturated rings. The molecule has 1 amide bonds. The molecular weight excluding hydrogens is 651 g/mol. The summed E-state index contributed by atoms with van der Waals surface area (Å²) in [5.41, 5.74) is 0.194. The molecule has 3 atom stereocenters. The Morgan fingerprint density at radius 2 is 1.44 bits per heavy atom. The third-order valence-electron chi connectivity index (χ3n) is 8.82. The van der Waals surface area contributed by atoms with E-state index in [-0.39, 0.29) is 23.8 Å². The van der Waals surface area contributed by atoms with Gasteiger partial charge >= 0.3 is 12.1 Å². The van der Waals surface area contributed by atoms with E-state index in [1.807, 2.05) is 81.4 Å². The number of esters is 1. The Morgan fingerprint density at radius 1 is 0.860 bits per heavy atom. The number of rotatable bonds is 10. The van der Waals surface area contributed by atoms with Gasteiger partial charge in [0, 0.05) is 5.56 Å². The number of furan rings is 1. The van der Waals surface area contributed by atoms with Crippen molar-refractivity contribution in [1.29, 1.82) is 0 Å². The average molecular weight is 700 g/mol. The van der Waals surface area contributed by atoms with E-state index < -0.39 is 44.4 Å². The van der Waals surface area contributed by atoms with Gasteiger partial charge in [-0.1, -0.05) is 93.6 Å². The summed E-state index contributed by atoms with van der Waals surface area (Å²) in [6, 6.07) is 28.9. The molecule has 10 heteroatoms. The zero-order valence-corrected chi connectivity index (χ0v) is 31.5. The minimum atomic E-state index is -3.02. The van der Waals surface area contributed by atoms with Crippen LogP contribution in [0.2, 0.25) is 5.04 Å². The van der Waals surface area contributed by atoms with Crippen LogP contribution in [0.5, 0.6) is 5.75 Å². The molecule has 2 heterocycles. The molecule has 4 aromatic rings. The number of nitrogens with zero attached hydrogens (tertiary/aromatic N) is 1. The van der Waals surface area contributed by atoms with E-state index in [0.29, 0.717) is 22.8 Å². The Labute approximate surface area is 296 Å². The summed E-state index contributed by atoms with van der Waals surface area (Å²) in [6.07, 6.45) is -2.19. The molecular formula is C40H49NO8Si. The van der Waals surface area contributed by atoms with Crippen molar-refractivity contribution in [2.45, 2.75) is 84.4 Å². The average Bonchev–Trinajstić information content (AvgIpc) is 3.65. The molecule has 50 heavy (non-hydrogen) atoms. The fourth-order valence-corrected chi connectivity index (χ4v) is 11.2. The fourth-order valence-electron chi connectivity index (χ4n) is 6.64. The van der Waals surface area contributed by atoms with Crippen LogP contribution in [0.15, 0.2) is 95.4 Å². The molecule has 1 aliphatic heterocycles. The van der Waals surface area contributed by atoms with E-state index in [9.17, 15) is 9.59 Å². The summed E-state index contributed by atoms with van der Waals surface area (Å²) in [5.74, 6) is 0.902. The van der Waals surface area contributed by atoms with Crippen LogP contribution < -0.4 is 15.1 Å². The van der Waals surface area contributed by atoms with Gasteiger partial charge in [-0.15, -0.1) is 0 Å². The minimum absolute atomic E-state index is 0.110. The van der Waals surface area contributed by atoms with E-state index in [4.69, 9.17) is 27.8 Å². The van der Waals surface area contributed by atoms with Crippen LogP contribution in [-0.2, 0) is 18.6 Å². The summed E-state index contributed by atoms with van der Waals surface area (Å²) >= 11 is 0. The van der Waals surface area contributed by atoms with Gasteiger partial charge in [0.1, 0.15) is 40.6 Å². The van der Waals surface area contributed by atoms with Crippen molar-refractivity contribution in [2.24, 2.45) is 0 Å². The van der Waals surface area contributed by atoms with Gasteiger partial charge in [-0.05, 0) is 68.2 Å². The number of methoxy groups -OCH3 is 1. The summed E-state index contributed by atoms with van der Waals surface area (Å²) < 4.78 is 37.3. The van der Waals surface area contributed by atoms with Gasteiger partial charge in [0.25, 0.3) is 8.32 Å². The molecule has 0 bridgehead atoms. The highest BCUT2D eigenvalue weighted by Crippen LogP contribution is 2.46. The number of ether oxygens (including phenoxy) is 4. The quantitative estimate of drug-likeness (QED) is 0.123. The molecule has 1 aromatic heterocycles. The van der Waals surface area contributed by atoms with Gasteiger partial charge in [-0.2, -0.15) is 0 Å². The lowest BCUT2D eigenvalue weighted by Crippen LogP contribution is -2.67. The predicted molar refractivity (Wildman–Crippen MR) is 194 cm³/mol. The molecule has 5 rings (SSSR count). The molecule has 0 aliphatic carbocycles. The topological polar surface area (TPSA) is 96.7 Å². The first-order valence-electron chi connectivity index (χ1n) is 17.0. The van der Waals surface area contributed by atoms with Crippen LogP contribution in [-0.4, -0.2) is 57.3 Å². The van der Waals surface area contributed by atoms with Crippen molar-refractivity contribution in [2.75, 3.05) is 20.3 Å². The smallest absolute Gasteiger partial charge is 0.413 e. The Bertz CT molecular complexity index is 1700. The van der Waals surface area contributed by atoms with Gasteiger partial charge < -0.3 is 27.8 Å². The molecule has 9 nitrogen and oxygen atoms in total. The molecule has 3 aromatic carbocycles. The van der Waals surface area contributed by atoms with Gasteiger partial charge in [0.2, 0.25) is 0 Å². The maximum atomic E-state index is 14.3. The molecule has 0 spiro atoms. The van der Waals surface area contributed by atoms with E-state index in [2.05, 4.69) is 45.0 Å². The van der Waals surface area contributed by atoms with Crippen LogP contribution >= 0.6 is 0 Å². The van der Waals surface area contributed by atoms with Crippen molar-refractivity contribution in [3.8, 4) is 5.75 Å². The Hall–Kier alpha value is -4.38. The van der Waals surface area contributed by atoms with E-state index in [1.54, 1.807) is 31.9 Å². The second kappa shape index (κ2) is 14.8. The Morgan fingerprint density at radius 3 is 1.94 bits per heavy atom. The zero-order chi connectivity index (χ0) is 36.3. The first-order chi connectivity index (χ1) is 23.7. The van der Waals surface area contributed by atoms with Crippen LogP contribution in [0.1, 0.15) is 88.2 Å². The number of hydrogen-bond donors (Lipinski definition) is 0. The van der Waals surface area contributed by atoms with Crippen LogP contribution in [0.3, 0.4) is 0 Å². The molecule has 0 saturated carbocycles. The maximum Gasteiger partial charge on any atom is 0.413 e. The second-order valence-corrected chi connectivity index (χ2v) is 18.8. The third kappa shape index (κ3) is 7.52. The summed E-state index contributed by atoms with van der Waals surface area (Å²) in [4.78, 5) is 28.8. The molecule has 0 radical (unpaired) electrons. The summed E-state index contributed by atoms with van der Waals surface area (Å²) in [7, 11) is -1.42. The fraction of sp³-hybridized carbons (Fsp3) is 0.400. The molecule has 266 valence electrons. The van der Waals surface area contributed by atoms with E-state index in [1.165, 1.54) is 0 Å². The zero-order valence-electron chi connectivity index (χ0n) is 30.5. The molecule has 0 N–H and O–H groups in total. The lowest BCUT2D eigenvalue weighted by molar-refractivity contribution is -0.0307. The maximum absolute atomic E-state index is 14.3. The highest BCUT2D eigenvalue weighted by Gasteiger charge is 2.54. The number of amides is 1. The third-order valence-corrected chi connectivity index (χ3v) is 13.8. The van der Waals surface area contributed by atoms with Crippen molar-refractivity contribution >= 4 is 30.8 Å². The molecule has 1 unspecified atom stereocenters. The van der Waals surface area contributed by atoms with Crippen molar-refractivity contribution < 1.29 is 37.4 Å². The van der Waals surface area contributed by atoms with Gasteiger partial charge in [0.05, 0.1) is 20.3 Å². The lowest BCUT2D eigenvalue weighted by atomic mass is 10.1. The van der Waals surface area contributed by atoms with E-state index >= 15 is 0 Å². The van der Waals surface area contributed by atoms with Crippen LogP contribution in [0.4, 0.5) is 4.79 Å². The highest BCUT2D eigenvalue weighted by atomic mass is 28.4.